The minimum absolute atomic E-state index is 0.178. The van der Waals surface area contributed by atoms with E-state index in [2.05, 4.69) is 5.10 Å². The maximum atomic E-state index is 10.6. The van der Waals surface area contributed by atoms with Gasteiger partial charge in [0.2, 0.25) is 0 Å². The Morgan fingerprint density at radius 2 is 1.95 bits per heavy atom. The molecule has 0 saturated carbocycles. The molecule has 1 aromatic rings. The van der Waals surface area contributed by atoms with E-state index in [1.165, 1.54) is 11.3 Å². The maximum Gasteiger partial charge on any atom is 0.358 e. The molecule has 0 aliphatic rings. The average Bonchev–Trinajstić information content (AvgIpc) is 2.86. The maximum absolute atomic E-state index is 10.6. The van der Waals surface area contributed by atoms with Crippen LogP contribution in [0.3, 0.4) is 0 Å². The molecule has 8 nitrogen and oxygen atoms in total. The fourth-order valence-corrected chi connectivity index (χ4v) is 3.02. The van der Waals surface area contributed by atoms with Crippen molar-refractivity contribution in [1.29, 1.82) is 10.5 Å². The molecule has 1 rings (SSSR count). The van der Waals surface area contributed by atoms with E-state index >= 15 is 0 Å². The van der Waals surface area contributed by atoms with E-state index in [9.17, 15) is 13.0 Å². The van der Waals surface area contributed by atoms with Crippen molar-refractivity contribution in [2.24, 2.45) is 0 Å². The third-order valence-electron chi connectivity index (χ3n) is 2.59. The van der Waals surface area contributed by atoms with E-state index in [1.54, 1.807) is 10.2 Å². The van der Waals surface area contributed by atoms with Gasteiger partial charge >= 0.3 is 5.13 Å². The predicted molar refractivity (Wildman–Crippen MR) is 74.2 cm³/mol. The minimum Gasteiger partial charge on any atom is -0.748 e. The summed E-state index contributed by atoms with van der Waals surface area (Å²) >= 11 is 1.35. The Hall–Kier alpha value is -1.75. The molecular formula is C11H15N5O3S2. The topological polar surface area (TPSA) is 125 Å². The first kappa shape index (κ1) is 17.3. The van der Waals surface area contributed by atoms with Gasteiger partial charge in [0.1, 0.15) is 12.1 Å². The van der Waals surface area contributed by atoms with Gasteiger partial charge in [-0.05, 0) is 11.3 Å². The molecule has 0 fully saturated rings. The minimum atomic E-state index is -4.23. The normalized spacial score (nSPS) is 10.8. The van der Waals surface area contributed by atoms with Crippen LogP contribution in [0.2, 0.25) is 0 Å². The smallest absolute Gasteiger partial charge is 0.358 e. The summed E-state index contributed by atoms with van der Waals surface area (Å²) in [5.41, 5.74) is 1.60. The van der Waals surface area contributed by atoms with Crippen LogP contribution in [0.15, 0.2) is 5.51 Å². The van der Waals surface area contributed by atoms with Crippen molar-refractivity contribution >= 4 is 26.6 Å². The van der Waals surface area contributed by atoms with E-state index in [1.807, 2.05) is 17.0 Å². The molecule has 0 unspecified atom stereocenters. The van der Waals surface area contributed by atoms with Crippen LogP contribution in [0.1, 0.15) is 19.3 Å². The lowest BCUT2D eigenvalue weighted by Gasteiger charge is -2.13. The highest BCUT2D eigenvalue weighted by Gasteiger charge is 2.22. The van der Waals surface area contributed by atoms with Crippen LogP contribution < -0.4 is 9.58 Å². The summed E-state index contributed by atoms with van der Waals surface area (Å²) in [6.45, 7) is 1.25. The lowest BCUT2D eigenvalue weighted by molar-refractivity contribution is -0.737. The Kier molecular flexibility index (Phi) is 7.02. The second kappa shape index (κ2) is 8.52. The summed E-state index contributed by atoms with van der Waals surface area (Å²) in [6.07, 6.45) is 0.814. The molecule has 10 heteroatoms. The lowest BCUT2D eigenvalue weighted by atomic mass is 10.3. The summed E-state index contributed by atoms with van der Waals surface area (Å²) in [5, 5.41) is 22.2. The van der Waals surface area contributed by atoms with Crippen LogP contribution in [0.4, 0.5) is 5.13 Å². The molecular weight excluding hydrogens is 314 g/mol. The van der Waals surface area contributed by atoms with Crippen LogP contribution in [0.25, 0.3) is 0 Å². The summed E-state index contributed by atoms with van der Waals surface area (Å²) in [5.74, 6) is -0.437. The van der Waals surface area contributed by atoms with E-state index < -0.39 is 15.9 Å². The number of rotatable bonds is 9. The Morgan fingerprint density at radius 1 is 1.33 bits per heavy atom. The highest BCUT2D eigenvalue weighted by atomic mass is 32.2. The largest absolute Gasteiger partial charge is 0.748 e. The molecule has 0 N–H and O–H groups in total. The first-order valence-corrected chi connectivity index (χ1v) is 8.69. The number of hydrogen-bond donors (Lipinski definition) is 0. The first-order valence-electron chi connectivity index (χ1n) is 6.24. The molecule has 0 atom stereocenters. The van der Waals surface area contributed by atoms with Gasteiger partial charge in [0.15, 0.2) is 0 Å². The van der Waals surface area contributed by atoms with Crippen molar-refractivity contribution < 1.29 is 17.7 Å². The van der Waals surface area contributed by atoms with E-state index in [0.29, 0.717) is 32.5 Å². The van der Waals surface area contributed by atoms with Crippen molar-refractivity contribution in [3.05, 3.63) is 5.51 Å². The van der Waals surface area contributed by atoms with Crippen molar-refractivity contribution in [1.82, 2.24) is 5.10 Å². The van der Waals surface area contributed by atoms with Crippen LogP contribution >= 0.6 is 11.3 Å². The molecule has 0 bridgehead atoms. The predicted octanol–water partition coefficient (Wildman–Crippen LogP) is -0.000340. The molecule has 0 aliphatic heterocycles. The van der Waals surface area contributed by atoms with Gasteiger partial charge in [-0.2, -0.15) is 10.5 Å². The molecule has 114 valence electrons. The summed E-state index contributed by atoms with van der Waals surface area (Å²) in [6, 6.07) is 4.10. The SMILES string of the molecule is N#CCCN(CCC#N)c1scn[n+]1CCCS(=O)(=O)[O-]. The van der Waals surface area contributed by atoms with Gasteiger partial charge in [0.25, 0.3) is 0 Å². The molecule has 0 aromatic carbocycles. The Morgan fingerprint density at radius 3 is 2.48 bits per heavy atom. The number of aromatic nitrogens is 2. The van der Waals surface area contributed by atoms with Crippen LogP contribution in [0, 0.1) is 22.7 Å². The monoisotopic (exact) mass is 329 g/mol. The molecule has 0 spiro atoms. The summed E-state index contributed by atoms with van der Waals surface area (Å²) in [7, 11) is -4.23. The Labute approximate surface area is 127 Å². The highest BCUT2D eigenvalue weighted by Crippen LogP contribution is 2.15. The van der Waals surface area contributed by atoms with Crippen molar-refractivity contribution in [3.63, 3.8) is 0 Å². The zero-order valence-corrected chi connectivity index (χ0v) is 12.9. The fourth-order valence-electron chi connectivity index (χ4n) is 1.69. The zero-order chi connectivity index (χ0) is 15.7. The number of nitrogens with zero attached hydrogens (tertiary/aromatic N) is 5. The van der Waals surface area contributed by atoms with Crippen LogP contribution in [-0.2, 0) is 16.7 Å². The zero-order valence-electron chi connectivity index (χ0n) is 11.3. The van der Waals surface area contributed by atoms with Gasteiger partial charge in [0, 0.05) is 12.2 Å². The quantitative estimate of drug-likeness (QED) is 0.461. The number of aryl methyl sites for hydroxylation is 1. The highest BCUT2D eigenvalue weighted by molar-refractivity contribution is 7.85. The van der Waals surface area contributed by atoms with Gasteiger partial charge in [0.05, 0.1) is 48.2 Å². The van der Waals surface area contributed by atoms with Gasteiger partial charge in [-0.15, -0.1) is 4.68 Å². The molecule has 0 radical (unpaired) electrons. The van der Waals surface area contributed by atoms with Crippen LogP contribution in [0.5, 0.6) is 0 Å². The van der Waals surface area contributed by atoms with Gasteiger partial charge in [-0.3, -0.25) is 0 Å². The first-order chi connectivity index (χ1) is 9.98. The molecule has 0 amide bonds. The molecule has 0 aliphatic carbocycles. The molecule has 1 aromatic heterocycles. The molecule has 21 heavy (non-hydrogen) atoms. The van der Waals surface area contributed by atoms with Crippen molar-refractivity contribution in [2.75, 3.05) is 23.7 Å². The Bertz CT molecular complexity index is 611. The van der Waals surface area contributed by atoms with E-state index in [4.69, 9.17) is 10.5 Å². The Balaban J connectivity index is 2.73. The summed E-state index contributed by atoms with van der Waals surface area (Å²) < 4.78 is 33.4. The molecule has 1 heterocycles. The number of nitriles is 2. The fraction of sp³-hybridized carbons (Fsp3) is 0.636. The standard InChI is InChI=1S/C11H15N5O3S2/c12-4-1-6-15(7-2-5-13)11-16(14-10-20-11)8-3-9-21(17,18)19/h10H,1-3,6-9H2. The van der Waals surface area contributed by atoms with Gasteiger partial charge < -0.3 is 4.55 Å². The van der Waals surface area contributed by atoms with Gasteiger partial charge in [-0.1, -0.05) is 5.10 Å². The van der Waals surface area contributed by atoms with Crippen molar-refractivity contribution in [3.8, 4) is 12.1 Å². The van der Waals surface area contributed by atoms with Crippen LogP contribution in [-0.4, -0.2) is 36.9 Å². The average molecular weight is 329 g/mol. The van der Waals surface area contributed by atoms with E-state index in [-0.39, 0.29) is 6.42 Å². The lowest BCUT2D eigenvalue weighted by Crippen LogP contribution is -2.43. The van der Waals surface area contributed by atoms with Crippen molar-refractivity contribution in [2.45, 2.75) is 25.8 Å². The second-order valence-electron chi connectivity index (χ2n) is 4.16. The van der Waals surface area contributed by atoms with E-state index in [0.717, 1.165) is 5.13 Å². The third kappa shape index (κ3) is 6.49. The number of hydrogen-bond acceptors (Lipinski definition) is 8. The molecule has 0 saturated heterocycles. The third-order valence-corrected chi connectivity index (χ3v) is 4.26. The van der Waals surface area contributed by atoms with Gasteiger partial charge in [-0.25, -0.2) is 13.3 Å². The second-order valence-corrected chi connectivity index (χ2v) is 6.50. The number of anilines is 1. The summed E-state index contributed by atoms with van der Waals surface area (Å²) in [4.78, 5) is 1.87.